The fourth-order valence-electron chi connectivity index (χ4n) is 1.52. The number of hydrogen-bond acceptors (Lipinski definition) is 2. The van der Waals surface area contributed by atoms with Gasteiger partial charge in [-0.3, -0.25) is 0 Å². The molecular weight excluding hydrogens is 204 g/mol. The Morgan fingerprint density at radius 3 is 2.47 bits per heavy atom. The Morgan fingerprint density at radius 2 is 1.93 bits per heavy atom. The van der Waals surface area contributed by atoms with E-state index >= 15 is 0 Å². The van der Waals surface area contributed by atoms with Crippen molar-refractivity contribution in [1.29, 1.82) is 0 Å². The topological polar surface area (TPSA) is 29.3 Å². The molecular formula is C12H18N2S. The number of para-hydroxylation sites is 1. The molecule has 0 amide bonds. The number of thiocarbonyl (C=S) groups is 1. The van der Waals surface area contributed by atoms with E-state index in [0.29, 0.717) is 4.99 Å². The zero-order valence-corrected chi connectivity index (χ0v) is 9.96. The second-order valence-electron chi connectivity index (χ2n) is 3.54. The minimum Gasteiger partial charge on any atom is -0.393 e. The van der Waals surface area contributed by atoms with E-state index in [1.165, 1.54) is 5.69 Å². The first-order chi connectivity index (χ1) is 7.24. The molecule has 0 spiro atoms. The Balaban J connectivity index is 2.61. The maximum atomic E-state index is 5.52. The monoisotopic (exact) mass is 222 g/mol. The molecule has 1 rings (SSSR count). The fourth-order valence-corrected chi connectivity index (χ4v) is 1.62. The van der Waals surface area contributed by atoms with Crippen LogP contribution in [0.25, 0.3) is 0 Å². The molecule has 0 aliphatic carbocycles. The van der Waals surface area contributed by atoms with Crippen LogP contribution in [-0.2, 0) is 0 Å². The Morgan fingerprint density at radius 1 is 1.27 bits per heavy atom. The van der Waals surface area contributed by atoms with Crippen molar-refractivity contribution in [3.63, 3.8) is 0 Å². The van der Waals surface area contributed by atoms with Crippen LogP contribution in [0.3, 0.4) is 0 Å². The Kier molecular flexibility index (Phi) is 5.12. The molecule has 1 aromatic rings. The summed E-state index contributed by atoms with van der Waals surface area (Å²) in [5, 5.41) is 0. The SMILES string of the molecule is CCCN(CCC(N)=S)c1ccccc1. The molecule has 1 aromatic carbocycles. The minimum atomic E-state index is 0.590. The number of rotatable bonds is 6. The summed E-state index contributed by atoms with van der Waals surface area (Å²) in [5.74, 6) is 0. The summed E-state index contributed by atoms with van der Waals surface area (Å²) >= 11 is 4.90. The van der Waals surface area contributed by atoms with Crippen molar-refractivity contribution in [2.75, 3.05) is 18.0 Å². The van der Waals surface area contributed by atoms with Crippen molar-refractivity contribution in [1.82, 2.24) is 0 Å². The summed E-state index contributed by atoms with van der Waals surface area (Å²) in [6.07, 6.45) is 1.91. The highest BCUT2D eigenvalue weighted by molar-refractivity contribution is 7.80. The van der Waals surface area contributed by atoms with Crippen LogP contribution in [0.5, 0.6) is 0 Å². The lowest BCUT2D eigenvalue weighted by molar-refractivity contribution is 0.774. The van der Waals surface area contributed by atoms with Gasteiger partial charge in [-0.05, 0) is 18.6 Å². The number of hydrogen-bond donors (Lipinski definition) is 1. The van der Waals surface area contributed by atoms with Crippen LogP contribution >= 0.6 is 12.2 Å². The van der Waals surface area contributed by atoms with Gasteiger partial charge < -0.3 is 10.6 Å². The molecule has 0 saturated heterocycles. The third kappa shape index (κ3) is 4.30. The highest BCUT2D eigenvalue weighted by Gasteiger charge is 2.04. The first-order valence-corrected chi connectivity index (χ1v) is 5.73. The van der Waals surface area contributed by atoms with Gasteiger partial charge in [0.15, 0.2) is 0 Å². The molecule has 82 valence electrons. The summed E-state index contributed by atoms with van der Waals surface area (Å²) in [6.45, 7) is 4.14. The summed E-state index contributed by atoms with van der Waals surface area (Å²) in [5.41, 5.74) is 6.77. The molecule has 2 nitrogen and oxygen atoms in total. The Hall–Kier alpha value is -1.09. The molecule has 0 bridgehead atoms. The average molecular weight is 222 g/mol. The van der Waals surface area contributed by atoms with Gasteiger partial charge in [0.05, 0.1) is 4.99 Å². The lowest BCUT2D eigenvalue weighted by Gasteiger charge is -2.24. The lowest BCUT2D eigenvalue weighted by atomic mass is 10.2. The second kappa shape index (κ2) is 6.40. The molecule has 0 fully saturated rings. The molecule has 0 aromatic heterocycles. The maximum Gasteiger partial charge on any atom is 0.0745 e. The molecule has 0 aliphatic heterocycles. The van der Waals surface area contributed by atoms with Gasteiger partial charge >= 0.3 is 0 Å². The van der Waals surface area contributed by atoms with Crippen molar-refractivity contribution in [3.05, 3.63) is 30.3 Å². The van der Waals surface area contributed by atoms with E-state index in [2.05, 4.69) is 36.1 Å². The van der Waals surface area contributed by atoms with Crippen molar-refractivity contribution >= 4 is 22.9 Å². The van der Waals surface area contributed by atoms with Gasteiger partial charge in [0.1, 0.15) is 0 Å². The summed E-state index contributed by atoms with van der Waals surface area (Å²) in [6, 6.07) is 10.4. The quantitative estimate of drug-likeness (QED) is 0.750. The highest BCUT2D eigenvalue weighted by Crippen LogP contribution is 2.13. The highest BCUT2D eigenvalue weighted by atomic mass is 32.1. The van der Waals surface area contributed by atoms with Crippen molar-refractivity contribution in [2.24, 2.45) is 5.73 Å². The zero-order chi connectivity index (χ0) is 11.1. The van der Waals surface area contributed by atoms with Crippen LogP contribution in [0.4, 0.5) is 5.69 Å². The summed E-state index contributed by atoms with van der Waals surface area (Å²) in [4.78, 5) is 2.91. The van der Waals surface area contributed by atoms with Gasteiger partial charge in [0, 0.05) is 25.2 Å². The van der Waals surface area contributed by atoms with E-state index in [0.717, 1.165) is 25.9 Å². The molecule has 3 heteroatoms. The third-order valence-electron chi connectivity index (χ3n) is 2.24. The average Bonchev–Trinajstić information content (AvgIpc) is 2.25. The molecule has 0 saturated carbocycles. The standard InChI is InChI=1S/C12H18N2S/c1-2-9-14(10-8-12(13)15)11-6-4-3-5-7-11/h3-7H,2,8-10H2,1H3,(H2,13,15). The van der Waals surface area contributed by atoms with E-state index in [1.54, 1.807) is 0 Å². The van der Waals surface area contributed by atoms with Crippen molar-refractivity contribution in [2.45, 2.75) is 19.8 Å². The Bertz CT molecular complexity index is 298. The molecule has 0 radical (unpaired) electrons. The number of benzene rings is 1. The summed E-state index contributed by atoms with van der Waals surface area (Å²) in [7, 11) is 0. The van der Waals surface area contributed by atoms with Crippen LogP contribution in [0, 0.1) is 0 Å². The minimum absolute atomic E-state index is 0.590. The largest absolute Gasteiger partial charge is 0.393 e. The smallest absolute Gasteiger partial charge is 0.0745 e. The molecule has 0 aliphatic rings. The number of anilines is 1. The maximum absolute atomic E-state index is 5.52. The molecule has 0 atom stereocenters. The van der Waals surface area contributed by atoms with E-state index in [9.17, 15) is 0 Å². The van der Waals surface area contributed by atoms with Crippen LogP contribution in [0.2, 0.25) is 0 Å². The van der Waals surface area contributed by atoms with Crippen molar-refractivity contribution < 1.29 is 0 Å². The van der Waals surface area contributed by atoms with E-state index in [-0.39, 0.29) is 0 Å². The van der Waals surface area contributed by atoms with E-state index in [4.69, 9.17) is 18.0 Å². The van der Waals surface area contributed by atoms with E-state index < -0.39 is 0 Å². The van der Waals surface area contributed by atoms with Gasteiger partial charge in [0.2, 0.25) is 0 Å². The van der Waals surface area contributed by atoms with Gasteiger partial charge in [-0.25, -0.2) is 0 Å². The first kappa shape index (κ1) is 12.0. The van der Waals surface area contributed by atoms with Gasteiger partial charge in [-0.2, -0.15) is 0 Å². The zero-order valence-electron chi connectivity index (χ0n) is 9.15. The first-order valence-electron chi connectivity index (χ1n) is 5.32. The molecule has 15 heavy (non-hydrogen) atoms. The Labute approximate surface area is 97.1 Å². The van der Waals surface area contributed by atoms with Gasteiger partial charge in [0.25, 0.3) is 0 Å². The molecule has 0 heterocycles. The fraction of sp³-hybridized carbons (Fsp3) is 0.417. The van der Waals surface area contributed by atoms with E-state index in [1.807, 2.05) is 6.07 Å². The van der Waals surface area contributed by atoms with Gasteiger partial charge in [-0.15, -0.1) is 0 Å². The van der Waals surface area contributed by atoms with Crippen LogP contribution in [0.15, 0.2) is 30.3 Å². The third-order valence-corrected chi connectivity index (χ3v) is 2.45. The van der Waals surface area contributed by atoms with Gasteiger partial charge in [-0.1, -0.05) is 37.3 Å². The second-order valence-corrected chi connectivity index (χ2v) is 4.06. The predicted molar refractivity (Wildman–Crippen MR) is 70.3 cm³/mol. The number of nitrogens with two attached hydrogens (primary N) is 1. The summed E-state index contributed by atoms with van der Waals surface area (Å²) < 4.78 is 0. The van der Waals surface area contributed by atoms with Crippen LogP contribution in [0.1, 0.15) is 19.8 Å². The van der Waals surface area contributed by atoms with Crippen molar-refractivity contribution in [3.8, 4) is 0 Å². The molecule has 2 N–H and O–H groups in total. The normalized spacial score (nSPS) is 9.93. The molecule has 0 unspecified atom stereocenters. The van der Waals surface area contributed by atoms with Crippen LogP contribution < -0.4 is 10.6 Å². The number of nitrogens with zero attached hydrogens (tertiary/aromatic N) is 1. The van der Waals surface area contributed by atoms with Crippen LogP contribution in [-0.4, -0.2) is 18.1 Å². The lowest BCUT2D eigenvalue weighted by Crippen LogP contribution is -2.28. The predicted octanol–water partition coefficient (Wildman–Crippen LogP) is 2.58.